The molecule has 0 saturated heterocycles. The number of ether oxygens (including phenoxy) is 1. The van der Waals surface area contributed by atoms with Crippen molar-refractivity contribution >= 4 is 23.5 Å². The first kappa shape index (κ1) is 18.8. The number of hydrogen-bond donors (Lipinski definition) is 0. The molecule has 3 rings (SSSR count). The van der Waals surface area contributed by atoms with E-state index < -0.39 is 5.97 Å². The number of thioether (sulfide) groups is 1. The number of carbonyl (C=O) groups is 2. The highest BCUT2D eigenvalue weighted by atomic mass is 32.2. The van der Waals surface area contributed by atoms with E-state index in [2.05, 4.69) is 10.2 Å². The number of esters is 1. The van der Waals surface area contributed by atoms with Crippen LogP contribution in [0.25, 0.3) is 17.1 Å². The molecular formula is C19H16FN3O3S. The molecule has 0 spiro atoms. The highest BCUT2D eigenvalue weighted by Crippen LogP contribution is 2.28. The second kappa shape index (κ2) is 8.59. The van der Waals surface area contributed by atoms with Gasteiger partial charge in [-0.25, -0.2) is 4.39 Å². The van der Waals surface area contributed by atoms with Gasteiger partial charge in [-0.05, 0) is 43.3 Å². The lowest BCUT2D eigenvalue weighted by Crippen LogP contribution is -2.13. The maximum Gasteiger partial charge on any atom is 0.316 e. The van der Waals surface area contributed by atoms with E-state index in [1.165, 1.54) is 19.1 Å². The van der Waals surface area contributed by atoms with Crippen LogP contribution in [0, 0.1) is 5.82 Å². The minimum atomic E-state index is -0.513. The molecular weight excluding hydrogens is 369 g/mol. The summed E-state index contributed by atoms with van der Waals surface area (Å²) in [5, 5.41) is 8.86. The molecule has 0 bridgehead atoms. The number of nitrogens with zero attached hydrogens (tertiary/aromatic N) is 3. The summed E-state index contributed by atoms with van der Waals surface area (Å²) in [6.07, 6.45) is 0. The first-order chi connectivity index (χ1) is 13.0. The van der Waals surface area contributed by atoms with Gasteiger partial charge in [-0.1, -0.05) is 30.0 Å². The van der Waals surface area contributed by atoms with Crippen molar-refractivity contribution in [2.24, 2.45) is 0 Å². The summed E-state index contributed by atoms with van der Waals surface area (Å²) in [5.74, 6) is -0.560. The molecule has 6 nitrogen and oxygen atoms in total. The zero-order valence-corrected chi connectivity index (χ0v) is 15.3. The monoisotopic (exact) mass is 385 g/mol. The van der Waals surface area contributed by atoms with Gasteiger partial charge in [0.05, 0.1) is 5.75 Å². The Morgan fingerprint density at radius 2 is 1.78 bits per heavy atom. The van der Waals surface area contributed by atoms with Crippen molar-refractivity contribution in [3.05, 3.63) is 60.4 Å². The summed E-state index contributed by atoms with van der Waals surface area (Å²) in [7, 11) is 0. The fraction of sp³-hybridized carbons (Fsp3) is 0.158. The Kier molecular flexibility index (Phi) is 5.97. The summed E-state index contributed by atoms with van der Waals surface area (Å²) in [5.41, 5.74) is 1.50. The van der Waals surface area contributed by atoms with Gasteiger partial charge in [0.15, 0.2) is 16.8 Å². The van der Waals surface area contributed by atoms with Crippen LogP contribution in [0.1, 0.15) is 6.92 Å². The minimum Gasteiger partial charge on any atom is -0.457 e. The van der Waals surface area contributed by atoms with E-state index in [-0.39, 0.29) is 24.0 Å². The summed E-state index contributed by atoms with van der Waals surface area (Å²) >= 11 is 1.15. The van der Waals surface area contributed by atoms with E-state index in [9.17, 15) is 14.0 Å². The number of aromatic nitrogens is 3. The molecule has 0 aliphatic rings. The van der Waals surface area contributed by atoms with Crippen LogP contribution in [0.4, 0.5) is 4.39 Å². The molecule has 0 unspecified atom stereocenters. The van der Waals surface area contributed by atoms with Gasteiger partial charge in [-0.3, -0.25) is 14.2 Å². The molecule has 0 N–H and O–H groups in total. The van der Waals surface area contributed by atoms with Gasteiger partial charge in [-0.15, -0.1) is 10.2 Å². The van der Waals surface area contributed by atoms with E-state index in [4.69, 9.17) is 4.74 Å². The number of para-hydroxylation sites is 1. The number of rotatable bonds is 7. The Labute approximate surface area is 159 Å². The quantitative estimate of drug-likeness (QED) is 0.459. The highest BCUT2D eigenvalue weighted by molar-refractivity contribution is 7.99. The lowest BCUT2D eigenvalue weighted by Gasteiger charge is -2.10. The van der Waals surface area contributed by atoms with E-state index in [1.54, 1.807) is 16.7 Å². The largest absolute Gasteiger partial charge is 0.457 e. The first-order valence-electron chi connectivity index (χ1n) is 8.09. The van der Waals surface area contributed by atoms with Gasteiger partial charge >= 0.3 is 5.97 Å². The topological polar surface area (TPSA) is 74.1 Å². The third-order valence-corrected chi connectivity index (χ3v) is 4.41. The van der Waals surface area contributed by atoms with E-state index in [0.29, 0.717) is 16.5 Å². The lowest BCUT2D eigenvalue weighted by molar-refractivity contribution is -0.144. The molecule has 1 aromatic heterocycles. The average Bonchev–Trinajstić information content (AvgIpc) is 3.10. The number of ketones is 1. The Balaban J connectivity index is 1.89. The molecule has 1 heterocycles. The van der Waals surface area contributed by atoms with Crippen LogP contribution in [0.2, 0.25) is 0 Å². The molecule has 0 atom stereocenters. The van der Waals surface area contributed by atoms with Crippen LogP contribution in [-0.4, -0.2) is 38.9 Å². The van der Waals surface area contributed by atoms with Crippen molar-refractivity contribution in [1.29, 1.82) is 0 Å². The predicted molar refractivity (Wildman–Crippen MR) is 99.1 cm³/mol. The Hall–Kier alpha value is -3.00. The van der Waals surface area contributed by atoms with Gasteiger partial charge in [-0.2, -0.15) is 0 Å². The number of halogens is 1. The van der Waals surface area contributed by atoms with Crippen LogP contribution in [0.3, 0.4) is 0 Å². The zero-order valence-electron chi connectivity index (χ0n) is 14.5. The molecule has 0 radical (unpaired) electrons. The van der Waals surface area contributed by atoms with Gasteiger partial charge in [0.2, 0.25) is 0 Å². The highest BCUT2D eigenvalue weighted by Gasteiger charge is 2.17. The lowest BCUT2D eigenvalue weighted by atomic mass is 10.2. The molecule has 0 saturated carbocycles. The van der Waals surface area contributed by atoms with Crippen molar-refractivity contribution in [3.63, 3.8) is 0 Å². The maximum absolute atomic E-state index is 13.2. The average molecular weight is 385 g/mol. The van der Waals surface area contributed by atoms with Crippen molar-refractivity contribution in [2.75, 3.05) is 12.4 Å². The fourth-order valence-electron chi connectivity index (χ4n) is 2.31. The third-order valence-electron chi connectivity index (χ3n) is 3.51. The predicted octanol–water partition coefficient (Wildman–Crippen LogP) is 3.30. The van der Waals surface area contributed by atoms with Crippen molar-refractivity contribution in [2.45, 2.75) is 12.1 Å². The van der Waals surface area contributed by atoms with Gasteiger partial charge in [0.1, 0.15) is 12.4 Å². The molecule has 0 aliphatic carbocycles. The van der Waals surface area contributed by atoms with Crippen LogP contribution in [-0.2, 0) is 14.3 Å². The first-order valence-corrected chi connectivity index (χ1v) is 9.08. The number of carbonyl (C=O) groups excluding carboxylic acids is 2. The van der Waals surface area contributed by atoms with Crippen LogP contribution in [0.15, 0.2) is 59.8 Å². The normalized spacial score (nSPS) is 10.6. The van der Waals surface area contributed by atoms with Crippen LogP contribution < -0.4 is 0 Å². The smallest absolute Gasteiger partial charge is 0.316 e. The zero-order chi connectivity index (χ0) is 19.2. The SMILES string of the molecule is CC(=O)COC(=O)CSc1nnc(-c2ccc(F)cc2)n1-c1ccccc1. The molecule has 8 heteroatoms. The van der Waals surface area contributed by atoms with E-state index in [1.807, 2.05) is 30.3 Å². The van der Waals surface area contributed by atoms with E-state index >= 15 is 0 Å². The second-order valence-electron chi connectivity index (χ2n) is 5.64. The third kappa shape index (κ3) is 4.79. The van der Waals surface area contributed by atoms with Crippen molar-refractivity contribution in [3.8, 4) is 17.1 Å². The number of benzene rings is 2. The van der Waals surface area contributed by atoms with Crippen LogP contribution >= 0.6 is 11.8 Å². The molecule has 27 heavy (non-hydrogen) atoms. The molecule has 138 valence electrons. The molecule has 0 fully saturated rings. The fourth-order valence-corrected chi connectivity index (χ4v) is 3.06. The molecule has 3 aromatic rings. The van der Waals surface area contributed by atoms with E-state index in [0.717, 1.165) is 17.4 Å². The number of Topliss-reactive ketones (excluding diaryl/α,β-unsaturated/α-hetero) is 1. The Morgan fingerprint density at radius 3 is 2.44 bits per heavy atom. The second-order valence-corrected chi connectivity index (χ2v) is 6.58. The summed E-state index contributed by atoms with van der Waals surface area (Å²) < 4.78 is 19.9. The van der Waals surface area contributed by atoms with Gasteiger partial charge in [0.25, 0.3) is 0 Å². The Bertz CT molecular complexity index is 943. The summed E-state index contributed by atoms with van der Waals surface area (Å²) in [4.78, 5) is 22.7. The standard InChI is InChI=1S/C19H16FN3O3S/c1-13(24)11-26-17(25)12-27-19-22-21-18(14-7-9-15(20)10-8-14)23(19)16-5-3-2-4-6-16/h2-10H,11-12H2,1H3. The minimum absolute atomic E-state index is 0.0122. The van der Waals surface area contributed by atoms with Gasteiger partial charge in [0, 0.05) is 11.3 Å². The summed E-state index contributed by atoms with van der Waals surface area (Å²) in [6, 6.07) is 15.3. The summed E-state index contributed by atoms with van der Waals surface area (Å²) in [6.45, 7) is 1.10. The molecule has 0 aliphatic heterocycles. The maximum atomic E-state index is 13.2. The van der Waals surface area contributed by atoms with Gasteiger partial charge < -0.3 is 4.74 Å². The Morgan fingerprint density at radius 1 is 1.07 bits per heavy atom. The van der Waals surface area contributed by atoms with Crippen molar-refractivity contribution < 1.29 is 18.7 Å². The molecule has 2 aromatic carbocycles. The molecule has 0 amide bonds. The number of hydrogen-bond acceptors (Lipinski definition) is 6. The van der Waals surface area contributed by atoms with Crippen LogP contribution in [0.5, 0.6) is 0 Å². The van der Waals surface area contributed by atoms with Crippen molar-refractivity contribution in [1.82, 2.24) is 14.8 Å².